The predicted molar refractivity (Wildman–Crippen MR) is 78.8 cm³/mol. The molecule has 21 heavy (non-hydrogen) atoms. The topological polar surface area (TPSA) is 70.1 Å². The third kappa shape index (κ3) is 3.28. The van der Waals surface area contributed by atoms with E-state index in [4.69, 9.17) is 16.3 Å². The van der Waals surface area contributed by atoms with Gasteiger partial charge in [-0.3, -0.25) is 4.90 Å². The highest BCUT2D eigenvalue weighted by Gasteiger charge is 2.41. The summed E-state index contributed by atoms with van der Waals surface area (Å²) >= 11 is 5.82. The number of ether oxygens (including phenoxy) is 1. The van der Waals surface area contributed by atoms with Crippen LogP contribution < -0.4 is 4.90 Å². The van der Waals surface area contributed by atoms with E-state index < -0.39 is 12.0 Å². The van der Waals surface area contributed by atoms with E-state index in [1.165, 1.54) is 16.9 Å². The van der Waals surface area contributed by atoms with Crippen molar-refractivity contribution in [2.45, 2.75) is 18.6 Å². The number of anilines is 1. The van der Waals surface area contributed by atoms with E-state index in [0.717, 1.165) is 0 Å². The third-order valence-electron chi connectivity index (χ3n) is 3.63. The number of halogens is 1. The van der Waals surface area contributed by atoms with Crippen LogP contribution in [0.4, 0.5) is 10.5 Å². The molecule has 0 aliphatic carbocycles. The van der Waals surface area contributed by atoms with Gasteiger partial charge in [0.15, 0.2) is 0 Å². The molecule has 2 rings (SSSR count). The summed E-state index contributed by atoms with van der Waals surface area (Å²) < 4.78 is 5.18. The number of carbonyl (C=O) groups is 2. The van der Waals surface area contributed by atoms with Gasteiger partial charge in [-0.2, -0.15) is 0 Å². The van der Waals surface area contributed by atoms with Crippen LogP contribution in [0.15, 0.2) is 24.3 Å². The number of hydrogen-bond donors (Lipinski definition) is 1. The molecule has 1 fully saturated rings. The van der Waals surface area contributed by atoms with Crippen LogP contribution in [0.25, 0.3) is 0 Å². The van der Waals surface area contributed by atoms with E-state index in [1.807, 2.05) is 0 Å². The molecule has 1 saturated heterocycles. The van der Waals surface area contributed by atoms with Crippen molar-refractivity contribution < 1.29 is 19.4 Å². The summed E-state index contributed by atoms with van der Waals surface area (Å²) in [4.78, 5) is 26.5. The molecular weight excluding hydrogens is 296 g/mol. The van der Waals surface area contributed by atoms with Crippen molar-refractivity contribution in [3.05, 3.63) is 29.3 Å². The van der Waals surface area contributed by atoms with Crippen molar-refractivity contribution in [1.29, 1.82) is 0 Å². The van der Waals surface area contributed by atoms with Gasteiger partial charge in [-0.05, 0) is 24.3 Å². The summed E-state index contributed by atoms with van der Waals surface area (Å²) in [5, 5.41) is 9.82. The number of hydrogen-bond acceptors (Lipinski definition) is 3. The highest BCUT2D eigenvalue weighted by Crippen LogP contribution is 2.24. The van der Waals surface area contributed by atoms with E-state index in [2.05, 4.69) is 0 Å². The fourth-order valence-corrected chi connectivity index (χ4v) is 2.51. The first-order chi connectivity index (χ1) is 9.93. The Morgan fingerprint density at radius 3 is 2.52 bits per heavy atom. The Morgan fingerprint density at radius 1 is 1.38 bits per heavy atom. The quantitative estimate of drug-likeness (QED) is 0.927. The fraction of sp³-hybridized carbons (Fsp3) is 0.429. The molecule has 6 nitrogen and oxygen atoms in total. The van der Waals surface area contributed by atoms with Crippen LogP contribution in [-0.2, 0) is 9.53 Å². The van der Waals surface area contributed by atoms with E-state index in [0.29, 0.717) is 17.1 Å². The summed E-state index contributed by atoms with van der Waals surface area (Å²) in [7, 11) is 3.12. The maximum absolute atomic E-state index is 12.5. The second kappa shape index (κ2) is 6.32. The number of aliphatic carboxylic acids is 1. The summed E-state index contributed by atoms with van der Waals surface area (Å²) in [5.41, 5.74) is 0.648. The molecule has 1 aromatic rings. The average molecular weight is 313 g/mol. The summed E-state index contributed by atoms with van der Waals surface area (Å²) in [6.45, 7) is 0.268. The minimum atomic E-state index is -1.02. The first-order valence-corrected chi connectivity index (χ1v) is 6.87. The minimum absolute atomic E-state index is 0.256. The Hall–Kier alpha value is -1.79. The number of benzene rings is 1. The average Bonchev–Trinajstić information content (AvgIpc) is 2.91. The number of likely N-dealkylation sites (tertiary alicyclic amines) is 1. The lowest BCUT2D eigenvalue weighted by atomic mass is 10.2. The van der Waals surface area contributed by atoms with Crippen molar-refractivity contribution in [3.63, 3.8) is 0 Å². The maximum Gasteiger partial charge on any atom is 0.326 e. The molecule has 0 radical (unpaired) electrons. The zero-order valence-corrected chi connectivity index (χ0v) is 12.6. The van der Waals surface area contributed by atoms with Crippen LogP contribution in [0.3, 0.4) is 0 Å². The second-order valence-electron chi connectivity index (χ2n) is 4.92. The fourth-order valence-electron chi connectivity index (χ4n) is 2.38. The summed E-state index contributed by atoms with van der Waals surface area (Å²) in [6.07, 6.45) is 0.0418. The zero-order valence-electron chi connectivity index (χ0n) is 11.8. The van der Waals surface area contributed by atoms with Crippen LogP contribution in [0.2, 0.25) is 5.02 Å². The van der Waals surface area contributed by atoms with Gasteiger partial charge in [0.2, 0.25) is 0 Å². The largest absolute Gasteiger partial charge is 0.480 e. The molecule has 0 aromatic heterocycles. The monoisotopic (exact) mass is 312 g/mol. The Balaban J connectivity index is 2.17. The third-order valence-corrected chi connectivity index (χ3v) is 3.88. The van der Waals surface area contributed by atoms with Gasteiger partial charge < -0.3 is 14.7 Å². The Morgan fingerprint density at radius 2 is 2.00 bits per heavy atom. The van der Waals surface area contributed by atoms with Gasteiger partial charge in [0, 0.05) is 37.8 Å². The van der Waals surface area contributed by atoms with Crippen LogP contribution >= 0.6 is 11.6 Å². The number of methoxy groups -OCH3 is 1. The zero-order chi connectivity index (χ0) is 15.6. The lowest BCUT2D eigenvalue weighted by Gasteiger charge is -2.27. The molecule has 2 atom stereocenters. The molecule has 0 bridgehead atoms. The molecule has 1 aliphatic rings. The van der Waals surface area contributed by atoms with E-state index in [-0.39, 0.29) is 18.7 Å². The number of carboxylic acids is 1. The Labute approximate surface area is 127 Å². The highest BCUT2D eigenvalue weighted by atomic mass is 35.5. The van der Waals surface area contributed by atoms with Gasteiger partial charge in [0.05, 0.1) is 6.10 Å². The Bertz CT molecular complexity index is 534. The van der Waals surface area contributed by atoms with E-state index >= 15 is 0 Å². The molecule has 1 N–H and O–H groups in total. The SMILES string of the molecule is CO[C@@H]1C[C@H](C(=O)O)N(C(=O)N(C)c2ccc(Cl)cc2)C1. The minimum Gasteiger partial charge on any atom is -0.480 e. The predicted octanol–water partition coefficient (Wildman–Crippen LogP) is 2.07. The number of carboxylic acid groups (broad SMARTS) is 1. The normalized spacial score (nSPS) is 21.4. The lowest BCUT2D eigenvalue weighted by molar-refractivity contribution is -0.141. The number of urea groups is 1. The van der Waals surface area contributed by atoms with Crippen molar-refractivity contribution in [2.75, 3.05) is 25.6 Å². The van der Waals surface area contributed by atoms with Crippen LogP contribution in [0, 0.1) is 0 Å². The summed E-state index contributed by atoms with van der Waals surface area (Å²) in [6, 6.07) is 5.54. The molecule has 7 heteroatoms. The summed E-state index contributed by atoms with van der Waals surface area (Å²) in [5.74, 6) is -1.02. The Kier molecular flexibility index (Phi) is 4.69. The molecule has 2 amide bonds. The van der Waals surface area contributed by atoms with Crippen LogP contribution in [-0.4, -0.2) is 54.9 Å². The van der Waals surface area contributed by atoms with Crippen molar-refractivity contribution in [1.82, 2.24) is 4.90 Å². The molecule has 1 aromatic carbocycles. The molecule has 1 heterocycles. The number of amides is 2. The first kappa shape index (κ1) is 15.6. The van der Waals surface area contributed by atoms with Crippen molar-refractivity contribution >= 4 is 29.3 Å². The molecule has 1 aliphatic heterocycles. The molecule has 0 saturated carbocycles. The number of rotatable bonds is 3. The van der Waals surface area contributed by atoms with Crippen molar-refractivity contribution in [2.24, 2.45) is 0 Å². The smallest absolute Gasteiger partial charge is 0.326 e. The van der Waals surface area contributed by atoms with Gasteiger partial charge in [0.1, 0.15) is 6.04 Å². The van der Waals surface area contributed by atoms with Gasteiger partial charge in [-0.1, -0.05) is 11.6 Å². The number of nitrogens with zero attached hydrogens (tertiary/aromatic N) is 2. The maximum atomic E-state index is 12.5. The van der Waals surface area contributed by atoms with Gasteiger partial charge >= 0.3 is 12.0 Å². The van der Waals surface area contributed by atoms with E-state index in [1.54, 1.807) is 31.3 Å². The standard InChI is InChI=1S/C14H17ClN2O4/c1-16(10-5-3-9(15)4-6-10)14(20)17-8-11(21-2)7-12(17)13(18)19/h3-6,11-12H,7-8H2,1-2H3,(H,18,19)/t11-,12-/m1/s1. The lowest BCUT2D eigenvalue weighted by Crippen LogP contribution is -2.47. The van der Waals surface area contributed by atoms with E-state index in [9.17, 15) is 14.7 Å². The van der Waals surface area contributed by atoms with Gasteiger partial charge in [-0.15, -0.1) is 0 Å². The molecule has 0 spiro atoms. The van der Waals surface area contributed by atoms with Crippen molar-refractivity contribution in [3.8, 4) is 0 Å². The first-order valence-electron chi connectivity index (χ1n) is 6.49. The molecule has 114 valence electrons. The second-order valence-corrected chi connectivity index (χ2v) is 5.35. The highest BCUT2D eigenvalue weighted by molar-refractivity contribution is 6.30. The molecular formula is C14H17ClN2O4. The molecule has 0 unspecified atom stereocenters. The van der Waals surface area contributed by atoms with Crippen LogP contribution in [0.5, 0.6) is 0 Å². The van der Waals surface area contributed by atoms with Gasteiger partial charge in [-0.25, -0.2) is 9.59 Å². The number of carbonyl (C=O) groups excluding carboxylic acids is 1. The van der Waals surface area contributed by atoms with Gasteiger partial charge in [0.25, 0.3) is 0 Å². The van der Waals surface area contributed by atoms with Crippen LogP contribution in [0.1, 0.15) is 6.42 Å².